The zero-order valence-corrected chi connectivity index (χ0v) is 27.3. The van der Waals surface area contributed by atoms with Gasteiger partial charge in [-0.15, -0.1) is 0 Å². The fourth-order valence-electron chi connectivity index (χ4n) is 6.53. The second-order valence-corrected chi connectivity index (χ2v) is 12.8. The molecular formula is C35H41F3N6O5. The molecule has 3 aliphatic rings. The third-order valence-corrected chi connectivity index (χ3v) is 9.16. The Balaban J connectivity index is 1.19. The molecule has 3 amide bonds. The van der Waals surface area contributed by atoms with E-state index in [1.807, 2.05) is 66.4 Å². The summed E-state index contributed by atoms with van der Waals surface area (Å²) in [4.78, 5) is 36.1. The molecule has 0 saturated carbocycles. The molecule has 3 aromatic rings. The van der Waals surface area contributed by atoms with Crippen LogP contribution in [0.15, 0.2) is 60.7 Å². The molecule has 11 nitrogen and oxygen atoms in total. The van der Waals surface area contributed by atoms with Crippen LogP contribution in [0.1, 0.15) is 24.0 Å². The van der Waals surface area contributed by atoms with Crippen molar-refractivity contribution in [1.82, 2.24) is 15.2 Å². The number of rotatable bonds is 8. The number of alkyl halides is 3. The zero-order valence-electron chi connectivity index (χ0n) is 27.3. The van der Waals surface area contributed by atoms with Crippen molar-refractivity contribution in [3.05, 3.63) is 71.8 Å². The number of aryl methyl sites for hydroxylation is 1. The summed E-state index contributed by atoms with van der Waals surface area (Å²) in [6.45, 7) is 5.35. The molecule has 4 heterocycles. The molecule has 0 radical (unpaired) electrons. The molecule has 0 aliphatic carbocycles. The summed E-state index contributed by atoms with van der Waals surface area (Å²) in [6, 6.07) is 17.7. The van der Waals surface area contributed by atoms with Crippen molar-refractivity contribution in [2.45, 2.75) is 44.7 Å². The maximum absolute atomic E-state index is 13.0. The minimum Gasteiger partial charge on any atom is -0.445 e. The van der Waals surface area contributed by atoms with E-state index < -0.39 is 42.8 Å². The molecule has 49 heavy (non-hydrogen) atoms. The molecule has 3 atom stereocenters. The Bertz CT molecular complexity index is 1620. The molecule has 262 valence electrons. The summed E-state index contributed by atoms with van der Waals surface area (Å²) in [5, 5.41) is 16.6. The van der Waals surface area contributed by atoms with E-state index in [9.17, 15) is 27.9 Å². The normalized spacial score (nSPS) is 21.2. The average molecular weight is 683 g/mol. The van der Waals surface area contributed by atoms with Crippen molar-refractivity contribution in [3.63, 3.8) is 0 Å². The fourth-order valence-corrected chi connectivity index (χ4v) is 6.53. The number of halogens is 3. The number of pyridine rings is 1. The van der Waals surface area contributed by atoms with Gasteiger partial charge in [-0.3, -0.25) is 0 Å². The number of β-amino-alcohol motifs (C(OH)–C–C–N with tert-alkyl or cyclic N) is 1. The summed E-state index contributed by atoms with van der Waals surface area (Å²) in [7, 11) is 0. The van der Waals surface area contributed by atoms with Crippen LogP contribution in [0, 0.1) is 12.8 Å². The predicted molar refractivity (Wildman–Crippen MR) is 179 cm³/mol. The summed E-state index contributed by atoms with van der Waals surface area (Å²) in [5.41, 5.74) is 3.99. The van der Waals surface area contributed by atoms with Crippen LogP contribution in [0.3, 0.4) is 0 Å². The van der Waals surface area contributed by atoms with Gasteiger partial charge < -0.3 is 39.9 Å². The van der Waals surface area contributed by atoms with Gasteiger partial charge in [0.1, 0.15) is 18.2 Å². The van der Waals surface area contributed by atoms with Gasteiger partial charge >= 0.3 is 18.3 Å². The Morgan fingerprint density at radius 2 is 1.71 bits per heavy atom. The van der Waals surface area contributed by atoms with Gasteiger partial charge in [0.05, 0.1) is 25.4 Å². The molecule has 3 N–H and O–H groups in total. The lowest BCUT2D eigenvalue weighted by atomic mass is 10.00. The third-order valence-electron chi connectivity index (χ3n) is 9.16. The minimum atomic E-state index is -4.26. The molecule has 3 aliphatic heterocycles. The highest BCUT2D eigenvalue weighted by molar-refractivity contribution is 5.91. The van der Waals surface area contributed by atoms with Crippen molar-refractivity contribution >= 4 is 29.4 Å². The van der Waals surface area contributed by atoms with Gasteiger partial charge in [-0.05, 0) is 65.8 Å². The first kappa shape index (κ1) is 34.3. The first-order valence-corrected chi connectivity index (χ1v) is 16.5. The number of hydrogen-bond donors (Lipinski definition) is 3. The first-order chi connectivity index (χ1) is 23.5. The van der Waals surface area contributed by atoms with Crippen molar-refractivity contribution in [2.24, 2.45) is 5.92 Å². The summed E-state index contributed by atoms with van der Waals surface area (Å²) in [6.07, 6.45) is -6.32. The molecule has 3 saturated heterocycles. The van der Waals surface area contributed by atoms with Crippen LogP contribution in [-0.4, -0.2) is 97.9 Å². The second-order valence-electron chi connectivity index (χ2n) is 12.8. The van der Waals surface area contributed by atoms with Gasteiger partial charge in [0.2, 0.25) is 0 Å². The summed E-state index contributed by atoms with van der Waals surface area (Å²) in [5.74, 6) is 0.735. The van der Waals surface area contributed by atoms with Crippen molar-refractivity contribution < 1.29 is 37.3 Å². The number of aromatic nitrogens is 1. The van der Waals surface area contributed by atoms with Crippen LogP contribution in [-0.2, 0) is 16.1 Å². The average Bonchev–Trinajstić information content (AvgIpc) is 3.70. The SMILES string of the molecule is Cc1ccc(NC(=O)N2CCC(CC(F)(F)F)C2)cc1-c1cc(N2CCOCC2)nc(N2CC(O)C(NC(=O)OCc3ccccc3)C2)c1. The minimum absolute atomic E-state index is 0.0585. The van der Waals surface area contributed by atoms with Crippen molar-refractivity contribution in [3.8, 4) is 11.1 Å². The highest BCUT2D eigenvalue weighted by Crippen LogP contribution is 2.34. The van der Waals surface area contributed by atoms with E-state index in [1.54, 1.807) is 6.07 Å². The number of morpholine rings is 1. The monoisotopic (exact) mass is 682 g/mol. The van der Waals surface area contributed by atoms with Gasteiger partial charge in [-0.25, -0.2) is 14.6 Å². The Morgan fingerprint density at radius 3 is 2.45 bits per heavy atom. The van der Waals surface area contributed by atoms with Gasteiger partial charge in [-0.2, -0.15) is 13.2 Å². The molecule has 0 spiro atoms. The Hall–Kier alpha value is -4.56. The number of anilines is 3. The topological polar surface area (TPSA) is 120 Å². The quantitative estimate of drug-likeness (QED) is 0.298. The maximum Gasteiger partial charge on any atom is 0.407 e. The Labute approximate surface area is 283 Å². The van der Waals surface area contributed by atoms with Gasteiger partial charge in [0.15, 0.2) is 0 Å². The Morgan fingerprint density at radius 1 is 0.980 bits per heavy atom. The van der Waals surface area contributed by atoms with Crippen molar-refractivity contribution in [2.75, 3.05) is 67.6 Å². The van der Waals surface area contributed by atoms with Crippen LogP contribution in [0.5, 0.6) is 0 Å². The number of alkyl carbamates (subject to hydrolysis) is 1. The van der Waals surface area contributed by atoms with Crippen LogP contribution in [0.4, 0.5) is 40.1 Å². The molecule has 14 heteroatoms. The van der Waals surface area contributed by atoms with Crippen LogP contribution in [0.25, 0.3) is 11.1 Å². The number of nitrogens with one attached hydrogen (secondary N) is 2. The molecule has 3 fully saturated rings. The lowest BCUT2D eigenvalue weighted by Crippen LogP contribution is -2.43. The number of aliphatic hydroxyl groups excluding tert-OH is 1. The Kier molecular flexibility index (Phi) is 10.4. The largest absolute Gasteiger partial charge is 0.445 e. The number of carbonyl (C=O) groups excluding carboxylic acids is 2. The van der Waals surface area contributed by atoms with E-state index in [4.69, 9.17) is 14.5 Å². The van der Waals surface area contributed by atoms with Gasteiger partial charge in [0, 0.05) is 51.4 Å². The standard InChI is InChI=1S/C35H41F3N6O5/c1-23-7-8-27(39-33(46)43-10-9-25(19-43)18-35(36,37)38)17-28(23)26-15-31(42-11-13-48-14-12-42)41-32(16-26)44-20-29(30(45)21-44)40-34(47)49-22-24-5-3-2-4-6-24/h2-8,15-17,25,29-30,45H,9-14,18-22H2,1H3,(H,39,46)(H,40,47). The van der Waals surface area contributed by atoms with Gasteiger partial charge in [-0.1, -0.05) is 36.4 Å². The predicted octanol–water partition coefficient (Wildman–Crippen LogP) is 5.18. The number of nitrogens with zero attached hydrogens (tertiary/aromatic N) is 4. The van der Waals surface area contributed by atoms with E-state index in [0.717, 1.165) is 28.1 Å². The van der Waals surface area contributed by atoms with E-state index in [-0.39, 0.29) is 26.2 Å². The third kappa shape index (κ3) is 8.92. The number of likely N-dealkylation sites (tertiary alicyclic amines) is 1. The van der Waals surface area contributed by atoms with E-state index in [2.05, 4.69) is 15.5 Å². The molecule has 1 aromatic heterocycles. The number of aliphatic hydroxyl groups is 1. The number of hydrogen-bond acceptors (Lipinski definition) is 8. The van der Waals surface area contributed by atoms with Crippen LogP contribution in [0.2, 0.25) is 0 Å². The number of benzene rings is 2. The van der Waals surface area contributed by atoms with Crippen molar-refractivity contribution in [1.29, 1.82) is 0 Å². The first-order valence-electron chi connectivity index (χ1n) is 16.5. The number of amides is 3. The molecule has 2 aromatic carbocycles. The number of ether oxygens (including phenoxy) is 2. The summed E-state index contributed by atoms with van der Waals surface area (Å²) < 4.78 is 49.6. The zero-order chi connectivity index (χ0) is 34.5. The lowest BCUT2D eigenvalue weighted by molar-refractivity contribution is -0.143. The van der Waals surface area contributed by atoms with E-state index in [0.29, 0.717) is 50.8 Å². The smallest absolute Gasteiger partial charge is 0.407 e. The van der Waals surface area contributed by atoms with Gasteiger partial charge in [0.25, 0.3) is 0 Å². The molecule has 6 rings (SSSR count). The second kappa shape index (κ2) is 14.9. The van der Waals surface area contributed by atoms with E-state index >= 15 is 0 Å². The number of urea groups is 1. The maximum atomic E-state index is 13.0. The highest BCUT2D eigenvalue weighted by Gasteiger charge is 2.37. The van der Waals surface area contributed by atoms with E-state index in [1.165, 1.54) is 4.90 Å². The lowest BCUT2D eigenvalue weighted by Gasteiger charge is -2.29. The van der Waals surface area contributed by atoms with Crippen LogP contribution < -0.4 is 20.4 Å². The molecule has 0 bridgehead atoms. The van der Waals surface area contributed by atoms with Crippen LogP contribution >= 0.6 is 0 Å². The fraction of sp³-hybridized carbons (Fsp3) is 0.457. The highest BCUT2D eigenvalue weighted by atomic mass is 19.4. The summed E-state index contributed by atoms with van der Waals surface area (Å²) >= 11 is 0. The molecular weight excluding hydrogens is 641 g/mol. The molecule has 3 unspecified atom stereocenters. The number of carbonyl (C=O) groups is 2.